The highest BCUT2D eigenvalue weighted by molar-refractivity contribution is 7.99. The van der Waals surface area contributed by atoms with E-state index in [1.165, 1.54) is 11.8 Å². The molecule has 4 rings (SSSR count). The van der Waals surface area contributed by atoms with Crippen molar-refractivity contribution in [1.82, 2.24) is 9.55 Å². The number of hydrogen-bond donors (Lipinski definition) is 0. The van der Waals surface area contributed by atoms with E-state index in [0.717, 1.165) is 43.4 Å². The Kier molecular flexibility index (Phi) is 6.39. The second-order valence-corrected chi connectivity index (χ2v) is 10.6. The monoisotopic (exact) mass is 460 g/mol. The third-order valence-corrected chi connectivity index (χ3v) is 7.41. The highest BCUT2D eigenvalue weighted by Crippen LogP contribution is 2.36. The lowest BCUT2D eigenvalue weighted by Crippen LogP contribution is -2.28. The molecule has 0 saturated carbocycles. The number of fused-ring (bicyclic) bond motifs is 3. The molecule has 0 radical (unpaired) electrons. The number of halogens is 1. The first-order chi connectivity index (χ1) is 14.3. The van der Waals surface area contributed by atoms with Crippen LogP contribution in [0.15, 0.2) is 45.3 Å². The van der Waals surface area contributed by atoms with Gasteiger partial charge in [0.15, 0.2) is 5.16 Å². The summed E-state index contributed by atoms with van der Waals surface area (Å²) in [5, 5.41) is 2.17. The van der Waals surface area contributed by atoms with Gasteiger partial charge in [0, 0.05) is 22.1 Å². The van der Waals surface area contributed by atoms with Gasteiger partial charge in [-0.05, 0) is 43.0 Å². The third kappa shape index (κ3) is 4.24. The second kappa shape index (κ2) is 8.87. The molecule has 2 aromatic heterocycles. The van der Waals surface area contributed by atoms with Crippen LogP contribution >= 0.6 is 34.7 Å². The van der Waals surface area contributed by atoms with Gasteiger partial charge in [0.1, 0.15) is 4.83 Å². The first-order valence-electron chi connectivity index (χ1n) is 10.1. The predicted octanol–water partition coefficient (Wildman–Crippen LogP) is 6.09. The van der Waals surface area contributed by atoms with Crippen LogP contribution in [0.5, 0.6) is 0 Å². The van der Waals surface area contributed by atoms with Gasteiger partial charge in [0.25, 0.3) is 5.56 Å². The van der Waals surface area contributed by atoms with E-state index in [2.05, 4.69) is 13.8 Å². The van der Waals surface area contributed by atoms with Gasteiger partial charge in [-0.25, -0.2) is 4.98 Å². The second-order valence-electron chi connectivity index (χ2n) is 7.96. The molecule has 4 nitrogen and oxygen atoms in total. The minimum absolute atomic E-state index is 0.00146. The lowest BCUT2D eigenvalue weighted by molar-refractivity contribution is 0.00200. The highest BCUT2D eigenvalue weighted by Gasteiger charge is 2.28. The van der Waals surface area contributed by atoms with Gasteiger partial charge in [-0.3, -0.25) is 9.36 Å². The minimum atomic E-state index is 0.00146. The number of thioether (sulfide) groups is 1. The summed E-state index contributed by atoms with van der Waals surface area (Å²) in [5.41, 5.74) is 3.07. The van der Waals surface area contributed by atoms with E-state index < -0.39 is 0 Å². The topological polar surface area (TPSA) is 44.1 Å². The van der Waals surface area contributed by atoms with Crippen LogP contribution in [-0.4, -0.2) is 21.4 Å². The Bertz CT molecular complexity index is 1180. The van der Waals surface area contributed by atoms with E-state index >= 15 is 0 Å². The van der Waals surface area contributed by atoms with Crippen LogP contribution in [0.3, 0.4) is 0 Å². The standard InChI is InChI=1S/C23H25ClN2O2S2/c1-13(2)18-11-17-19(12-28-18)30-21-20(17)22(27)26(16-7-5-6-14(3)10-16)23(25-21)29-9-8-15(4)24/h5-8,10,13,18H,9,11-12H2,1-4H3/b15-8+. The zero-order valence-corrected chi connectivity index (χ0v) is 20.0. The van der Waals surface area contributed by atoms with E-state index in [0.29, 0.717) is 23.4 Å². The molecule has 0 fully saturated rings. The summed E-state index contributed by atoms with van der Waals surface area (Å²) in [4.78, 5) is 20.7. The molecule has 1 aliphatic rings. The van der Waals surface area contributed by atoms with Crippen molar-refractivity contribution in [2.45, 2.75) is 52.0 Å². The van der Waals surface area contributed by atoms with Gasteiger partial charge < -0.3 is 4.74 Å². The normalized spacial score (nSPS) is 17.0. The first-order valence-corrected chi connectivity index (χ1v) is 12.2. The van der Waals surface area contributed by atoms with Crippen molar-refractivity contribution >= 4 is 44.9 Å². The lowest BCUT2D eigenvalue weighted by Gasteiger charge is -2.26. The van der Waals surface area contributed by atoms with Crippen molar-refractivity contribution in [2.75, 3.05) is 5.75 Å². The highest BCUT2D eigenvalue weighted by atomic mass is 35.5. The number of rotatable bonds is 5. The van der Waals surface area contributed by atoms with E-state index in [9.17, 15) is 4.79 Å². The Labute approximate surface area is 189 Å². The molecule has 0 spiro atoms. The molecule has 30 heavy (non-hydrogen) atoms. The van der Waals surface area contributed by atoms with Gasteiger partial charge in [-0.15, -0.1) is 11.3 Å². The number of aryl methyl sites for hydroxylation is 1. The average molecular weight is 461 g/mol. The fourth-order valence-corrected chi connectivity index (χ4v) is 5.95. The molecule has 0 bridgehead atoms. The smallest absolute Gasteiger partial charge is 0.267 e. The van der Waals surface area contributed by atoms with Gasteiger partial charge in [0.2, 0.25) is 0 Å². The number of nitrogens with zero attached hydrogens (tertiary/aromatic N) is 2. The fraction of sp³-hybridized carbons (Fsp3) is 0.391. The number of thiophene rings is 1. The summed E-state index contributed by atoms with van der Waals surface area (Å²) in [6.07, 6.45) is 2.83. The Balaban J connectivity index is 1.91. The number of allylic oxidation sites excluding steroid dienone is 1. The molecular weight excluding hydrogens is 436 g/mol. The van der Waals surface area contributed by atoms with Crippen molar-refractivity contribution in [1.29, 1.82) is 0 Å². The number of aromatic nitrogens is 2. The molecule has 1 atom stereocenters. The Hall–Kier alpha value is -1.60. The molecular formula is C23H25ClN2O2S2. The van der Waals surface area contributed by atoms with Crippen LogP contribution in [0.2, 0.25) is 0 Å². The quantitative estimate of drug-likeness (QED) is 0.341. The van der Waals surface area contributed by atoms with Crippen molar-refractivity contribution in [3.63, 3.8) is 0 Å². The largest absolute Gasteiger partial charge is 0.372 e. The number of hydrogen-bond acceptors (Lipinski definition) is 5. The van der Waals surface area contributed by atoms with E-state index in [1.54, 1.807) is 15.9 Å². The fourth-order valence-electron chi connectivity index (χ4n) is 3.66. The SMILES string of the molecule is C/C(Cl)=C\CSc1nc2sc3c(c2c(=O)n1-c1cccc(C)c1)CC(C(C)C)OC3. The molecule has 0 saturated heterocycles. The summed E-state index contributed by atoms with van der Waals surface area (Å²) in [6.45, 7) is 8.76. The van der Waals surface area contributed by atoms with Gasteiger partial charge >= 0.3 is 0 Å². The summed E-state index contributed by atoms with van der Waals surface area (Å²) >= 11 is 9.11. The van der Waals surface area contributed by atoms with Crippen molar-refractivity contribution in [2.24, 2.45) is 5.92 Å². The van der Waals surface area contributed by atoms with Crippen molar-refractivity contribution in [3.05, 3.63) is 61.7 Å². The van der Waals surface area contributed by atoms with E-state index in [1.807, 2.05) is 44.2 Å². The Morgan fingerprint density at radius 3 is 2.97 bits per heavy atom. The maximum atomic E-state index is 13.8. The van der Waals surface area contributed by atoms with Crippen LogP contribution in [-0.2, 0) is 17.8 Å². The molecule has 1 unspecified atom stereocenters. The zero-order valence-electron chi connectivity index (χ0n) is 17.6. The zero-order chi connectivity index (χ0) is 21.4. The summed E-state index contributed by atoms with van der Waals surface area (Å²) in [6, 6.07) is 8.00. The van der Waals surface area contributed by atoms with Gasteiger partial charge in [-0.2, -0.15) is 0 Å². The lowest BCUT2D eigenvalue weighted by atomic mass is 9.96. The van der Waals surface area contributed by atoms with Gasteiger partial charge in [-0.1, -0.05) is 55.4 Å². The third-order valence-electron chi connectivity index (χ3n) is 5.29. The molecule has 3 heterocycles. The van der Waals surface area contributed by atoms with Crippen LogP contribution in [0.25, 0.3) is 15.9 Å². The van der Waals surface area contributed by atoms with E-state index in [-0.39, 0.29) is 11.7 Å². The molecule has 3 aromatic rings. The maximum absolute atomic E-state index is 13.8. The maximum Gasteiger partial charge on any atom is 0.267 e. The van der Waals surface area contributed by atoms with Crippen LogP contribution in [0, 0.1) is 12.8 Å². The average Bonchev–Trinajstić information content (AvgIpc) is 3.05. The Morgan fingerprint density at radius 2 is 2.27 bits per heavy atom. The molecule has 0 N–H and O–H groups in total. The van der Waals surface area contributed by atoms with Crippen LogP contribution in [0.1, 0.15) is 36.8 Å². The molecule has 158 valence electrons. The van der Waals surface area contributed by atoms with Crippen molar-refractivity contribution in [3.8, 4) is 5.69 Å². The summed E-state index contributed by atoms with van der Waals surface area (Å²) in [7, 11) is 0. The number of benzene rings is 1. The molecule has 0 aliphatic carbocycles. The predicted molar refractivity (Wildman–Crippen MR) is 127 cm³/mol. The van der Waals surface area contributed by atoms with Crippen LogP contribution in [0.4, 0.5) is 0 Å². The molecule has 1 aliphatic heterocycles. The molecule has 7 heteroatoms. The summed E-state index contributed by atoms with van der Waals surface area (Å²) in [5.74, 6) is 1.06. The van der Waals surface area contributed by atoms with Crippen LogP contribution < -0.4 is 5.56 Å². The van der Waals surface area contributed by atoms with Gasteiger partial charge in [0.05, 0.1) is 23.8 Å². The van der Waals surface area contributed by atoms with E-state index in [4.69, 9.17) is 21.3 Å². The Morgan fingerprint density at radius 1 is 1.47 bits per heavy atom. The minimum Gasteiger partial charge on any atom is -0.372 e. The van der Waals surface area contributed by atoms with Crippen molar-refractivity contribution < 1.29 is 4.74 Å². The summed E-state index contributed by atoms with van der Waals surface area (Å²) < 4.78 is 7.79. The first kappa shape index (κ1) is 21.6. The number of ether oxygens (including phenoxy) is 1. The molecule has 0 amide bonds. The molecule has 1 aromatic carbocycles.